The molecular formula is C13H19NO2. The first kappa shape index (κ1) is 12.9. The van der Waals surface area contributed by atoms with E-state index in [1.165, 1.54) is 5.56 Å². The molecular weight excluding hydrogens is 202 g/mol. The number of aliphatic hydroxyl groups is 1. The van der Waals surface area contributed by atoms with Crippen molar-refractivity contribution in [2.24, 2.45) is 5.73 Å². The second-order valence-corrected chi connectivity index (χ2v) is 4.98. The van der Waals surface area contributed by atoms with E-state index in [0.29, 0.717) is 5.56 Å². The zero-order valence-electron chi connectivity index (χ0n) is 10.0. The van der Waals surface area contributed by atoms with Crippen LogP contribution in [0.2, 0.25) is 0 Å². The van der Waals surface area contributed by atoms with Crippen molar-refractivity contribution < 1.29 is 9.90 Å². The summed E-state index contributed by atoms with van der Waals surface area (Å²) in [6.07, 6.45) is 0. The van der Waals surface area contributed by atoms with Gasteiger partial charge in [-0.1, -0.05) is 45.0 Å². The molecule has 0 aliphatic rings. The van der Waals surface area contributed by atoms with Crippen LogP contribution in [0.1, 0.15) is 36.7 Å². The van der Waals surface area contributed by atoms with Crippen LogP contribution < -0.4 is 5.73 Å². The molecule has 88 valence electrons. The minimum atomic E-state index is -0.819. The summed E-state index contributed by atoms with van der Waals surface area (Å²) in [5.41, 5.74) is 7.26. The molecule has 3 heteroatoms. The van der Waals surface area contributed by atoms with Gasteiger partial charge in [0.25, 0.3) is 0 Å². The molecule has 0 amide bonds. The summed E-state index contributed by atoms with van der Waals surface area (Å²) in [5.74, 6) is -0.219. The van der Waals surface area contributed by atoms with Crippen LogP contribution in [0.4, 0.5) is 0 Å². The topological polar surface area (TPSA) is 63.3 Å². The zero-order valence-corrected chi connectivity index (χ0v) is 10.0. The molecule has 1 aromatic carbocycles. The van der Waals surface area contributed by atoms with Crippen molar-refractivity contribution >= 4 is 5.78 Å². The Hall–Kier alpha value is -1.19. The van der Waals surface area contributed by atoms with Crippen LogP contribution in [0.25, 0.3) is 0 Å². The minimum absolute atomic E-state index is 0.0701. The van der Waals surface area contributed by atoms with Crippen LogP contribution in [0.5, 0.6) is 0 Å². The van der Waals surface area contributed by atoms with Crippen molar-refractivity contribution in [3.8, 4) is 0 Å². The first-order valence-corrected chi connectivity index (χ1v) is 5.37. The molecule has 3 N–H and O–H groups in total. The quantitative estimate of drug-likeness (QED) is 0.760. The lowest BCUT2D eigenvalue weighted by atomic mass is 9.86. The lowest BCUT2D eigenvalue weighted by molar-refractivity contribution is 0.0925. The Labute approximate surface area is 96.3 Å². The van der Waals surface area contributed by atoms with Crippen molar-refractivity contribution in [2.45, 2.75) is 32.2 Å². The lowest BCUT2D eigenvalue weighted by Crippen LogP contribution is -2.34. The molecule has 0 aliphatic carbocycles. The number of ketones is 1. The van der Waals surface area contributed by atoms with Gasteiger partial charge < -0.3 is 10.8 Å². The van der Waals surface area contributed by atoms with E-state index in [4.69, 9.17) is 10.8 Å². The molecule has 3 nitrogen and oxygen atoms in total. The number of hydrogen-bond donors (Lipinski definition) is 2. The maximum absolute atomic E-state index is 11.7. The summed E-state index contributed by atoms with van der Waals surface area (Å²) in [7, 11) is 0. The first-order chi connectivity index (χ1) is 7.36. The highest BCUT2D eigenvalue weighted by molar-refractivity contribution is 6.00. The van der Waals surface area contributed by atoms with E-state index in [9.17, 15) is 4.79 Å². The van der Waals surface area contributed by atoms with Crippen LogP contribution in [-0.2, 0) is 5.41 Å². The SMILES string of the molecule is CC(C)(C)c1ccc(C(=O)C(N)CO)cc1. The third-order valence-corrected chi connectivity index (χ3v) is 2.57. The molecule has 1 unspecified atom stereocenters. The highest BCUT2D eigenvalue weighted by atomic mass is 16.3. The standard InChI is InChI=1S/C13H19NO2/c1-13(2,3)10-6-4-9(5-7-10)12(16)11(14)8-15/h4-7,11,15H,8,14H2,1-3H3. The van der Waals surface area contributed by atoms with Gasteiger partial charge in [0.15, 0.2) is 5.78 Å². The van der Waals surface area contributed by atoms with E-state index in [1.807, 2.05) is 12.1 Å². The van der Waals surface area contributed by atoms with E-state index in [2.05, 4.69) is 20.8 Å². The van der Waals surface area contributed by atoms with Crippen molar-refractivity contribution in [2.75, 3.05) is 6.61 Å². The van der Waals surface area contributed by atoms with Gasteiger partial charge in [-0.05, 0) is 11.0 Å². The number of aliphatic hydroxyl groups excluding tert-OH is 1. The molecule has 1 atom stereocenters. The van der Waals surface area contributed by atoms with Gasteiger partial charge in [0.2, 0.25) is 0 Å². The lowest BCUT2D eigenvalue weighted by Gasteiger charge is -2.19. The van der Waals surface area contributed by atoms with E-state index < -0.39 is 6.04 Å². The smallest absolute Gasteiger partial charge is 0.181 e. The number of carbonyl (C=O) groups excluding carboxylic acids is 1. The van der Waals surface area contributed by atoms with E-state index in [-0.39, 0.29) is 17.8 Å². The van der Waals surface area contributed by atoms with Gasteiger partial charge in [-0.25, -0.2) is 0 Å². The monoisotopic (exact) mass is 221 g/mol. The number of benzene rings is 1. The van der Waals surface area contributed by atoms with Crippen LogP contribution >= 0.6 is 0 Å². The van der Waals surface area contributed by atoms with Crippen molar-refractivity contribution in [3.63, 3.8) is 0 Å². The molecule has 0 aliphatic heterocycles. The largest absolute Gasteiger partial charge is 0.394 e. The molecule has 1 aromatic rings. The summed E-state index contributed by atoms with van der Waals surface area (Å²) in [4.78, 5) is 11.7. The van der Waals surface area contributed by atoms with E-state index >= 15 is 0 Å². The van der Waals surface area contributed by atoms with Gasteiger partial charge in [0.05, 0.1) is 12.6 Å². The summed E-state index contributed by atoms with van der Waals surface area (Å²) in [5, 5.41) is 8.80. The van der Waals surface area contributed by atoms with Crippen LogP contribution in [0, 0.1) is 0 Å². The molecule has 0 saturated heterocycles. The second-order valence-electron chi connectivity index (χ2n) is 4.98. The fourth-order valence-corrected chi connectivity index (χ4v) is 1.43. The highest BCUT2D eigenvalue weighted by Gasteiger charge is 2.17. The average molecular weight is 221 g/mol. The third-order valence-electron chi connectivity index (χ3n) is 2.57. The van der Waals surface area contributed by atoms with Crippen LogP contribution in [-0.4, -0.2) is 23.5 Å². The van der Waals surface area contributed by atoms with Gasteiger partial charge in [-0.2, -0.15) is 0 Å². The zero-order chi connectivity index (χ0) is 12.3. The summed E-state index contributed by atoms with van der Waals surface area (Å²) in [6, 6.07) is 6.56. The molecule has 0 saturated carbocycles. The maximum Gasteiger partial charge on any atom is 0.181 e. The fourth-order valence-electron chi connectivity index (χ4n) is 1.43. The number of nitrogens with two attached hydrogens (primary N) is 1. The molecule has 0 radical (unpaired) electrons. The van der Waals surface area contributed by atoms with E-state index in [0.717, 1.165) is 0 Å². The Kier molecular flexibility index (Phi) is 3.83. The molecule has 0 spiro atoms. The molecule has 16 heavy (non-hydrogen) atoms. The minimum Gasteiger partial charge on any atom is -0.394 e. The van der Waals surface area contributed by atoms with Gasteiger partial charge >= 0.3 is 0 Å². The summed E-state index contributed by atoms with van der Waals surface area (Å²) < 4.78 is 0. The Morgan fingerprint density at radius 2 is 1.81 bits per heavy atom. The second kappa shape index (κ2) is 4.76. The van der Waals surface area contributed by atoms with Crippen LogP contribution in [0.3, 0.4) is 0 Å². The highest BCUT2D eigenvalue weighted by Crippen LogP contribution is 2.22. The van der Waals surface area contributed by atoms with Gasteiger partial charge in [0.1, 0.15) is 0 Å². The van der Waals surface area contributed by atoms with Gasteiger partial charge in [-0.15, -0.1) is 0 Å². The normalized spacial score (nSPS) is 13.6. The van der Waals surface area contributed by atoms with Crippen molar-refractivity contribution in [1.82, 2.24) is 0 Å². The summed E-state index contributed by atoms with van der Waals surface area (Å²) in [6.45, 7) is 6.02. The number of Topliss-reactive ketones (excluding diaryl/α,β-unsaturated/α-hetero) is 1. The maximum atomic E-state index is 11.7. The Morgan fingerprint density at radius 3 is 2.19 bits per heavy atom. The van der Waals surface area contributed by atoms with Gasteiger partial charge in [0, 0.05) is 5.56 Å². The molecule has 0 heterocycles. The van der Waals surface area contributed by atoms with Gasteiger partial charge in [-0.3, -0.25) is 4.79 Å². The number of carbonyl (C=O) groups is 1. The Balaban J connectivity index is 2.91. The third kappa shape index (κ3) is 2.90. The number of hydrogen-bond acceptors (Lipinski definition) is 3. The number of rotatable bonds is 3. The molecule has 0 fully saturated rings. The van der Waals surface area contributed by atoms with Crippen LogP contribution in [0.15, 0.2) is 24.3 Å². The predicted molar refractivity (Wildman–Crippen MR) is 64.5 cm³/mol. The molecule has 0 aromatic heterocycles. The van der Waals surface area contributed by atoms with Crippen molar-refractivity contribution in [3.05, 3.63) is 35.4 Å². The fraction of sp³-hybridized carbons (Fsp3) is 0.462. The first-order valence-electron chi connectivity index (χ1n) is 5.37. The average Bonchev–Trinajstić information content (AvgIpc) is 2.26. The van der Waals surface area contributed by atoms with Crippen molar-refractivity contribution in [1.29, 1.82) is 0 Å². The Morgan fingerprint density at radius 1 is 1.31 bits per heavy atom. The van der Waals surface area contributed by atoms with E-state index in [1.54, 1.807) is 12.1 Å². The molecule has 1 rings (SSSR count). The molecule has 0 bridgehead atoms. The predicted octanol–water partition coefficient (Wildman–Crippen LogP) is 1.49. The summed E-state index contributed by atoms with van der Waals surface area (Å²) >= 11 is 0. The Bertz CT molecular complexity index is 363.